The maximum atomic E-state index is 10.7. The highest BCUT2D eigenvalue weighted by molar-refractivity contribution is 5.66. The molecule has 0 aliphatic heterocycles. The lowest BCUT2D eigenvalue weighted by Crippen LogP contribution is -2.07. The van der Waals surface area contributed by atoms with Crippen molar-refractivity contribution in [1.29, 1.82) is 0 Å². The smallest absolute Gasteiger partial charge is 0.303 e. The van der Waals surface area contributed by atoms with Gasteiger partial charge in [0.1, 0.15) is 0 Å². The molecular weight excluding hydrogens is 496 g/mol. The van der Waals surface area contributed by atoms with Crippen molar-refractivity contribution in [1.82, 2.24) is 0 Å². The monoisotopic (exact) mass is 558 g/mol. The average Bonchev–Trinajstić information content (AvgIpc) is 2.92. The first-order valence-electron chi connectivity index (χ1n) is 17.1. The van der Waals surface area contributed by atoms with Crippen LogP contribution >= 0.6 is 0 Å². The Balaban J connectivity index is 2.81. The van der Waals surface area contributed by atoms with Crippen molar-refractivity contribution < 1.29 is 19.8 Å². The average molecular weight is 559 g/mol. The van der Waals surface area contributed by atoms with E-state index in [0.717, 1.165) is 44.9 Å². The second-order valence-corrected chi connectivity index (χ2v) is 12.0. The number of carbonyl (C=O) groups is 2. The fourth-order valence-corrected chi connectivity index (χ4v) is 5.94. The molecule has 0 unspecified atom stereocenters. The predicted molar refractivity (Wildman–Crippen MR) is 169 cm³/mol. The largest absolute Gasteiger partial charge is 0.481 e. The fraction of sp³-hybridized carbons (Fsp3) is 0.778. The SMILES string of the molecule is CCCCCCCc1c(CCCCC)ccc(CCCCCCCCC(=O)O)c1CCCCCCCCC(=O)O. The Kier molecular flexibility index (Phi) is 22.5. The summed E-state index contributed by atoms with van der Waals surface area (Å²) in [7, 11) is 0. The van der Waals surface area contributed by atoms with Gasteiger partial charge in [0.25, 0.3) is 0 Å². The van der Waals surface area contributed by atoms with Crippen LogP contribution in [-0.4, -0.2) is 22.2 Å². The van der Waals surface area contributed by atoms with Crippen LogP contribution in [0.5, 0.6) is 0 Å². The van der Waals surface area contributed by atoms with Crippen LogP contribution in [0.2, 0.25) is 0 Å². The van der Waals surface area contributed by atoms with Gasteiger partial charge in [-0.1, -0.05) is 116 Å². The van der Waals surface area contributed by atoms with Crippen molar-refractivity contribution in [3.63, 3.8) is 0 Å². The first kappa shape index (κ1) is 36.2. The van der Waals surface area contributed by atoms with Crippen molar-refractivity contribution in [2.75, 3.05) is 0 Å². The van der Waals surface area contributed by atoms with Crippen molar-refractivity contribution in [2.24, 2.45) is 0 Å². The van der Waals surface area contributed by atoms with E-state index in [0.29, 0.717) is 12.8 Å². The summed E-state index contributed by atoms with van der Waals surface area (Å²) < 4.78 is 0. The van der Waals surface area contributed by atoms with Gasteiger partial charge in [-0.25, -0.2) is 0 Å². The first-order valence-corrected chi connectivity index (χ1v) is 17.1. The molecule has 0 radical (unpaired) electrons. The molecule has 4 nitrogen and oxygen atoms in total. The summed E-state index contributed by atoms with van der Waals surface area (Å²) in [5, 5.41) is 17.7. The number of aryl methyl sites for hydroxylation is 2. The predicted octanol–water partition coefficient (Wildman–Crippen LogP) is 10.6. The Morgan fingerprint density at radius 1 is 0.450 bits per heavy atom. The number of hydrogen-bond acceptors (Lipinski definition) is 2. The van der Waals surface area contributed by atoms with Gasteiger partial charge in [0.15, 0.2) is 0 Å². The van der Waals surface area contributed by atoms with E-state index < -0.39 is 11.9 Å². The van der Waals surface area contributed by atoms with Crippen LogP contribution in [0.25, 0.3) is 0 Å². The van der Waals surface area contributed by atoms with Crippen LogP contribution in [0.15, 0.2) is 12.1 Å². The Labute approximate surface area is 246 Å². The van der Waals surface area contributed by atoms with Crippen LogP contribution in [-0.2, 0) is 35.3 Å². The van der Waals surface area contributed by atoms with E-state index in [1.807, 2.05) is 0 Å². The highest BCUT2D eigenvalue weighted by Crippen LogP contribution is 2.28. The molecule has 2 N–H and O–H groups in total. The molecule has 1 aromatic rings. The second kappa shape index (κ2) is 24.9. The summed E-state index contributed by atoms with van der Waals surface area (Å²) in [6.07, 6.45) is 29.2. The maximum absolute atomic E-state index is 10.7. The van der Waals surface area contributed by atoms with Crippen LogP contribution in [0.3, 0.4) is 0 Å². The van der Waals surface area contributed by atoms with E-state index in [9.17, 15) is 9.59 Å². The lowest BCUT2D eigenvalue weighted by atomic mass is 9.85. The third-order valence-electron chi connectivity index (χ3n) is 8.36. The number of hydrogen-bond donors (Lipinski definition) is 2. The molecule has 0 saturated carbocycles. The van der Waals surface area contributed by atoms with Gasteiger partial charge in [0.05, 0.1) is 0 Å². The summed E-state index contributed by atoms with van der Waals surface area (Å²) in [5.74, 6) is -1.35. The van der Waals surface area contributed by atoms with Crippen molar-refractivity contribution in [3.8, 4) is 0 Å². The number of carboxylic acid groups (broad SMARTS) is 2. The van der Waals surface area contributed by atoms with Gasteiger partial charge in [-0.05, 0) is 86.5 Å². The molecule has 0 saturated heterocycles. The number of aliphatic carboxylic acids is 2. The van der Waals surface area contributed by atoms with Crippen LogP contribution in [0, 0.1) is 0 Å². The van der Waals surface area contributed by atoms with Gasteiger partial charge in [-0.15, -0.1) is 0 Å². The molecule has 0 amide bonds. The molecule has 1 aromatic carbocycles. The molecule has 0 fully saturated rings. The number of unbranched alkanes of at least 4 members (excludes halogenated alkanes) is 16. The number of carboxylic acids is 2. The van der Waals surface area contributed by atoms with Gasteiger partial charge >= 0.3 is 11.9 Å². The minimum absolute atomic E-state index is 0.303. The molecule has 0 aliphatic rings. The minimum atomic E-state index is -0.676. The number of rotatable bonds is 28. The van der Waals surface area contributed by atoms with Gasteiger partial charge < -0.3 is 10.2 Å². The molecule has 0 spiro atoms. The normalized spacial score (nSPS) is 11.2. The molecule has 0 aromatic heterocycles. The molecule has 0 bridgehead atoms. The standard InChI is InChI=1S/C36H62O4/c1-3-5-7-12-19-25-33-31(23-17-6-4-2)29-30-32(24-18-13-8-10-15-21-27-35(37)38)34(33)26-20-14-9-11-16-22-28-36(39)40/h29-30H,3-28H2,1-2H3,(H,37,38)(H,39,40). The van der Waals surface area contributed by atoms with E-state index in [-0.39, 0.29) is 0 Å². The van der Waals surface area contributed by atoms with E-state index in [4.69, 9.17) is 10.2 Å². The van der Waals surface area contributed by atoms with E-state index in [2.05, 4.69) is 26.0 Å². The van der Waals surface area contributed by atoms with Crippen LogP contribution in [0.1, 0.15) is 177 Å². The van der Waals surface area contributed by atoms with Crippen molar-refractivity contribution in [2.45, 2.75) is 181 Å². The van der Waals surface area contributed by atoms with E-state index in [1.54, 1.807) is 22.3 Å². The molecule has 0 aliphatic carbocycles. The molecule has 0 heterocycles. The zero-order valence-corrected chi connectivity index (χ0v) is 26.3. The summed E-state index contributed by atoms with van der Waals surface area (Å²) in [4.78, 5) is 21.5. The summed E-state index contributed by atoms with van der Waals surface area (Å²) in [6.45, 7) is 4.58. The van der Waals surface area contributed by atoms with Crippen molar-refractivity contribution in [3.05, 3.63) is 34.4 Å². The molecule has 40 heavy (non-hydrogen) atoms. The topological polar surface area (TPSA) is 74.6 Å². The Morgan fingerprint density at radius 3 is 1.15 bits per heavy atom. The van der Waals surface area contributed by atoms with E-state index >= 15 is 0 Å². The van der Waals surface area contributed by atoms with Gasteiger partial charge in [-0.2, -0.15) is 0 Å². The fourth-order valence-electron chi connectivity index (χ4n) is 5.94. The molecule has 0 atom stereocenters. The Bertz CT molecular complexity index is 785. The third-order valence-corrected chi connectivity index (χ3v) is 8.36. The van der Waals surface area contributed by atoms with Crippen LogP contribution < -0.4 is 0 Å². The molecule has 1 rings (SSSR count). The van der Waals surface area contributed by atoms with Gasteiger partial charge in [-0.3, -0.25) is 9.59 Å². The van der Waals surface area contributed by atoms with Gasteiger partial charge in [0.2, 0.25) is 0 Å². The highest BCUT2D eigenvalue weighted by Gasteiger charge is 2.14. The third kappa shape index (κ3) is 18.5. The molecule has 4 heteroatoms. The van der Waals surface area contributed by atoms with Crippen molar-refractivity contribution >= 4 is 11.9 Å². The lowest BCUT2D eigenvalue weighted by Gasteiger charge is -2.20. The maximum Gasteiger partial charge on any atom is 0.303 e. The summed E-state index contributed by atoms with van der Waals surface area (Å²) in [5.41, 5.74) is 6.53. The quantitative estimate of drug-likeness (QED) is 0.100. The highest BCUT2D eigenvalue weighted by atomic mass is 16.4. The molecular formula is C36H62O4. The zero-order chi connectivity index (χ0) is 29.3. The van der Waals surface area contributed by atoms with Crippen LogP contribution in [0.4, 0.5) is 0 Å². The summed E-state index contributed by atoms with van der Waals surface area (Å²) >= 11 is 0. The Hall–Kier alpha value is -1.84. The second-order valence-electron chi connectivity index (χ2n) is 12.0. The summed E-state index contributed by atoms with van der Waals surface area (Å²) in [6, 6.07) is 4.92. The Morgan fingerprint density at radius 2 is 0.750 bits per heavy atom. The number of benzene rings is 1. The first-order chi connectivity index (χ1) is 19.5. The minimum Gasteiger partial charge on any atom is -0.481 e. The van der Waals surface area contributed by atoms with Gasteiger partial charge in [0, 0.05) is 12.8 Å². The molecule has 230 valence electrons. The zero-order valence-electron chi connectivity index (χ0n) is 26.3. The van der Waals surface area contributed by atoms with E-state index in [1.165, 1.54) is 109 Å². The lowest BCUT2D eigenvalue weighted by molar-refractivity contribution is -0.138.